The second-order valence-corrected chi connectivity index (χ2v) is 37.1. The van der Waals surface area contributed by atoms with Crippen LogP contribution in [0.1, 0.15) is 0 Å². The van der Waals surface area contributed by atoms with Crippen LogP contribution in [-0.4, -0.2) is 43.6 Å². The van der Waals surface area contributed by atoms with Gasteiger partial charge in [0.05, 0.1) is 66.2 Å². The molecule has 0 aliphatic heterocycles. The Hall–Kier alpha value is -18.7. The first-order valence-corrected chi connectivity index (χ1v) is 47.6. The second kappa shape index (κ2) is 28.9. The maximum absolute atomic E-state index is 5.54. The van der Waals surface area contributed by atoms with E-state index in [-0.39, 0.29) is 0 Å². The topological polar surface area (TPSA) is 92.1 Å². The summed E-state index contributed by atoms with van der Waals surface area (Å²) in [5.74, 6) is 2.54. The van der Waals surface area contributed by atoms with Gasteiger partial charge in [0, 0.05) is 70.6 Å². The Morgan fingerprint density at radius 3 is 0.806 bits per heavy atom. The van der Waals surface area contributed by atoms with E-state index in [0.717, 1.165) is 134 Å². The van der Waals surface area contributed by atoms with Gasteiger partial charge in [-0.1, -0.05) is 370 Å². The van der Waals surface area contributed by atoms with E-state index in [1.165, 1.54) is 178 Å². The van der Waals surface area contributed by atoms with Crippen molar-refractivity contribution in [2.24, 2.45) is 0 Å². The molecule has 0 fully saturated rings. The lowest BCUT2D eigenvalue weighted by molar-refractivity contribution is 1.08. The van der Waals surface area contributed by atoms with E-state index >= 15 is 0 Å². The summed E-state index contributed by atoms with van der Waals surface area (Å²) in [7, 11) is 0. The van der Waals surface area contributed by atoms with Crippen molar-refractivity contribution in [3.8, 4) is 73.5 Å². The van der Waals surface area contributed by atoms with E-state index in [0.29, 0.717) is 0 Å². The molecule has 0 bridgehead atoms. The molecule has 6 aromatic heterocycles. The minimum absolute atomic E-state index is 0.841. The quantitative estimate of drug-likeness (QED) is 0.111. The highest BCUT2D eigenvalue weighted by Crippen LogP contribution is 2.56. The van der Waals surface area contributed by atoms with Gasteiger partial charge in [0.2, 0.25) is 0 Å². The number of aromatic nitrogens is 9. The van der Waals surface area contributed by atoms with Gasteiger partial charge in [-0.25, -0.2) is 29.9 Å². The fraction of sp³-hybridized carbons (Fsp3) is 0. The lowest BCUT2D eigenvalue weighted by Gasteiger charge is -2.16. The van der Waals surface area contributed by atoms with Crippen molar-refractivity contribution in [2.45, 2.75) is 0 Å². The number of para-hydroxylation sites is 4. The van der Waals surface area contributed by atoms with Crippen LogP contribution in [-0.2, 0) is 0 Å². The highest BCUT2D eigenvalue weighted by atomic mass is 15.1. The SMILES string of the molecule is c1ccc(-c2ccc(-c3nc4ccccc4nc3-n3c4cccc5c6cccc7c8ccccc8c8ccc3c(c8c76)c54)cc2)cc1.c1ccc(-c2cccc(-c3nc4ccccc4nc3-n3c4cccc5c6cccc7c8ccccc8c8ccc3c(c8c76)c54)c2)cc1.c1ccc(-c2nc3ccc4ccccc4c3nc2-n2c3cccc4c5cccc6c7ccccc7c7ccc2c(c7c65)c43)cc1. The van der Waals surface area contributed by atoms with Crippen LogP contribution in [0.15, 0.2) is 443 Å². The van der Waals surface area contributed by atoms with Crippen molar-refractivity contribution in [3.63, 3.8) is 0 Å². The molecule has 0 N–H and O–H groups in total. The van der Waals surface area contributed by atoms with Crippen LogP contribution in [0, 0.1) is 0 Å². The Morgan fingerprint density at radius 2 is 0.388 bits per heavy atom. The van der Waals surface area contributed by atoms with E-state index in [2.05, 4.69) is 432 Å². The summed E-state index contributed by atoms with van der Waals surface area (Å²) in [5, 5.41) is 41.3. The van der Waals surface area contributed by atoms with Crippen LogP contribution in [0.2, 0.25) is 0 Å². The number of nitrogens with zero attached hydrogens (tertiary/aromatic N) is 9. The number of hydrogen-bond acceptors (Lipinski definition) is 6. The summed E-state index contributed by atoms with van der Waals surface area (Å²) < 4.78 is 7.10. The van der Waals surface area contributed by atoms with Crippen LogP contribution in [0.25, 0.3) is 312 Å². The van der Waals surface area contributed by atoms with Gasteiger partial charge < -0.3 is 0 Å². The summed E-state index contributed by atoms with van der Waals surface area (Å²) in [4.78, 5) is 32.4. The standard InChI is InChI=1S/2C44H25N3.C42H23N3/c1-2-11-26(12-3-1)27-13-8-14-28(25-27)43-44(46-36-21-7-6-20-35(36)45-43)47-37-22-10-19-33-32-18-9-17-31-29-15-4-5-16-30(29)34-23-24-38(47)42(40(33)37)41(34)39(31)32;1-2-10-26(11-3-1)27-20-22-28(23-21-27)43-44(46-36-18-7-6-17-35(36)45-43)47-37-19-9-16-33-32-15-8-14-31-29-12-4-5-13-30(29)34-24-25-38(47)42(40(33)37)41(34)39(31)32;1-2-11-25(12-3-1)40-42(44-41-26-13-5-4-10-24(26)20-22-33(41)43-40)45-34-19-9-18-31-30-17-8-16-29-27-14-6-7-15-28(27)32-21-23-35(45)39(37(31)34)38(32)36(29)30/h2*1-25H;1-23H. The summed E-state index contributed by atoms with van der Waals surface area (Å²) in [5.41, 5.74) is 22.7. The van der Waals surface area contributed by atoms with Crippen LogP contribution in [0.4, 0.5) is 0 Å². The average molecular weight is 1760 g/mol. The van der Waals surface area contributed by atoms with Gasteiger partial charge in [-0.3, -0.25) is 13.7 Å². The largest absolute Gasteiger partial charge is 0.292 e. The monoisotopic (exact) mass is 1760 g/mol. The third-order valence-corrected chi connectivity index (χ3v) is 30.0. The summed E-state index contributed by atoms with van der Waals surface area (Å²) >= 11 is 0. The Morgan fingerprint density at radius 1 is 0.129 bits per heavy atom. The number of hydrogen-bond donors (Lipinski definition) is 0. The molecule has 0 unspecified atom stereocenters. The van der Waals surface area contributed by atoms with E-state index < -0.39 is 0 Å². The molecular formula is C130H73N9. The molecule has 0 aliphatic carbocycles. The molecule has 33 rings (SSSR count). The number of fused-ring (bicyclic) bond motifs is 17. The molecule has 27 aromatic carbocycles. The Bertz CT molecular complexity index is 10900. The molecule has 9 heteroatoms. The number of benzene rings is 27. The molecule has 0 saturated heterocycles. The highest BCUT2D eigenvalue weighted by Gasteiger charge is 2.32. The van der Waals surface area contributed by atoms with Crippen LogP contribution >= 0.6 is 0 Å². The van der Waals surface area contributed by atoms with Crippen molar-refractivity contribution >= 4 is 239 Å². The zero-order valence-electron chi connectivity index (χ0n) is 74.7. The van der Waals surface area contributed by atoms with Gasteiger partial charge in [0.1, 0.15) is 17.1 Å². The smallest absolute Gasteiger partial charge is 0.165 e. The predicted molar refractivity (Wildman–Crippen MR) is 584 cm³/mol. The van der Waals surface area contributed by atoms with Crippen molar-refractivity contribution in [1.82, 2.24) is 43.6 Å². The summed E-state index contributed by atoms with van der Waals surface area (Å²) in [6, 6.07) is 159. The minimum atomic E-state index is 0.841. The van der Waals surface area contributed by atoms with Crippen molar-refractivity contribution in [2.75, 3.05) is 0 Å². The van der Waals surface area contributed by atoms with Crippen LogP contribution < -0.4 is 0 Å². The molecule has 0 atom stereocenters. The molecule has 0 saturated carbocycles. The Balaban J connectivity index is 0.0000000963. The lowest BCUT2D eigenvalue weighted by Crippen LogP contribution is -2.04. The van der Waals surface area contributed by atoms with Crippen LogP contribution in [0.5, 0.6) is 0 Å². The minimum Gasteiger partial charge on any atom is -0.292 e. The first-order chi connectivity index (χ1) is 69.0. The van der Waals surface area contributed by atoms with Gasteiger partial charge in [0.15, 0.2) is 17.5 Å². The van der Waals surface area contributed by atoms with E-state index in [9.17, 15) is 0 Å². The average Bonchev–Trinajstić information content (AvgIpc) is 1.54. The first kappa shape index (κ1) is 75.8. The molecule has 638 valence electrons. The Labute approximate surface area is 792 Å². The highest BCUT2D eigenvalue weighted by molar-refractivity contribution is 6.48. The third kappa shape index (κ3) is 10.7. The molecule has 0 amide bonds. The first-order valence-electron chi connectivity index (χ1n) is 47.6. The third-order valence-electron chi connectivity index (χ3n) is 30.0. The van der Waals surface area contributed by atoms with Gasteiger partial charge in [-0.05, 0) is 214 Å². The molecule has 6 heterocycles. The maximum Gasteiger partial charge on any atom is 0.165 e. The van der Waals surface area contributed by atoms with Gasteiger partial charge in [-0.15, -0.1) is 0 Å². The Kier molecular flexibility index (Phi) is 15.8. The number of rotatable bonds is 8. The molecule has 9 nitrogen and oxygen atoms in total. The zero-order valence-corrected chi connectivity index (χ0v) is 74.7. The fourth-order valence-electron chi connectivity index (χ4n) is 24.3. The van der Waals surface area contributed by atoms with E-state index in [4.69, 9.17) is 29.9 Å². The lowest BCUT2D eigenvalue weighted by atomic mass is 9.86. The summed E-state index contributed by atoms with van der Waals surface area (Å²) in [6.45, 7) is 0. The van der Waals surface area contributed by atoms with Gasteiger partial charge >= 0.3 is 0 Å². The second-order valence-electron chi connectivity index (χ2n) is 37.1. The zero-order chi connectivity index (χ0) is 90.5. The van der Waals surface area contributed by atoms with Crippen LogP contribution in [0.3, 0.4) is 0 Å². The molecule has 0 aliphatic rings. The molecule has 33 aromatic rings. The predicted octanol–water partition coefficient (Wildman–Crippen LogP) is 34.1. The van der Waals surface area contributed by atoms with Gasteiger partial charge in [-0.2, -0.15) is 0 Å². The fourth-order valence-corrected chi connectivity index (χ4v) is 24.3. The normalized spacial score (nSPS) is 12.3. The maximum atomic E-state index is 5.54. The van der Waals surface area contributed by atoms with Crippen molar-refractivity contribution in [3.05, 3.63) is 443 Å². The molecule has 0 radical (unpaired) electrons. The van der Waals surface area contributed by atoms with Gasteiger partial charge in [0.25, 0.3) is 0 Å². The molecule has 0 spiro atoms. The van der Waals surface area contributed by atoms with E-state index in [1.807, 2.05) is 24.3 Å². The van der Waals surface area contributed by atoms with Crippen molar-refractivity contribution < 1.29 is 0 Å². The van der Waals surface area contributed by atoms with Crippen molar-refractivity contribution in [1.29, 1.82) is 0 Å². The molecular weight excluding hydrogens is 1690 g/mol. The molecule has 139 heavy (non-hydrogen) atoms. The van der Waals surface area contributed by atoms with E-state index in [1.54, 1.807) is 0 Å². The summed E-state index contributed by atoms with van der Waals surface area (Å²) in [6.07, 6.45) is 0.